The number of nitrogens with one attached hydrogen (secondary N) is 2. The number of thiazole rings is 1. The zero-order valence-corrected chi connectivity index (χ0v) is 25.4. The molecule has 0 aliphatic rings. The molecule has 3 N–H and O–H groups in total. The number of carbonyl (C=O) groups excluding carboxylic acids is 2. The second kappa shape index (κ2) is 13.7. The lowest BCUT2D eigenvalue weighted by Crippen LogP contribution is -2.28. The summed E-state index contributed by atoms with van der Waals surface area (Å²) in [6.07, 6.45) is 2.04. The van der Waals surface area contributed by atoms with E-state index in [4.69, 9.17) is 9.47 Å². The highest BCUT2D eigenvalue weighted by Crippen LogP contribution is 2.34. The number of ether oxygens (including phenoxy) is 2. The Hall–Kier alpha value is -3.76. The van der Waals surface area contributed by atoms with Crippen molar-refractivity contribution < 1.29 is 24.2 Å². The number of nitrogens with zero attached hydrogens (tertiary/aromatic N) is 1. The average Bonchev–Trinajstić information content (AvgIpc) is 3.35. The van der Waals surface area contributed by atoms with E-state index in [0.29, 0.717) is 22.7 Å². The van der Waals surface area contributed by atoms with Gasteiger partial charge in [-0.1, -0.05) is 37.2 Å². The number of rotatable bonds is 12. The number of phenols is 1. The summed E-state index contributed by atoms with van der Waals surface area (Å²) in [4.78, 5) is 30.3. The van der Waals surface area contributed by atoms with Crippen molar-refractivity contribution in [3.05, 3.63) is 71.3 Å². The molecular weight excluding hydrogens is 558 g/mol. The minimum Gasteiger partial charge on any atom is -0.508 e. The largest absolute Gasteiger partial charge is 0.508 e. The number of thioether (sulfide) groups is 1. The van der Waals surface area contributed by atoms with Crippen LogP contribution in [0.4, 0.5) is 5.69 Å². The molecule has 2 unspecified atom stereocenters. The molecule has 0 radical (unpaired) electrons. The Balaban J connectivity index is 1.39. The van der Waals surface area contributed by atoms with E-state index in [9.17, 15) is 14.7 Å². The maximum Gasteiger partial charge on any atom is 0.259 e. The Labute approximate surface area is 248 Å². The quantitative estimate of drug-likeness (QED) is 0.150. The van der Waals surface area contributed by atoms with Crippen LogP contribution in [0, 0.1) is 6.92 Å². The van der Waals surface area contributed by atoms with Gasteiger partial charge in [-0.05, 0) is 75.2 Å². The van der Waals surface area contributed by atoms with E-state index >= 15 is 0 Å². The van der Waals surface area contributed by atoms with Crippen LogP contribution in [0.3, 0.4) is 0 Å². The third kappa shape index (κ3) is 7.71. The van der Waals surface area contributed by atoms with Crippen molar-refractivity contribution in [2.24, 2.45) is 0 Å². The topological polar surface area (TPSA) is 110 Å². The van der Waals surface area contributed by atoms with Gasteiger partial charge in [0.1, 0.15) is 17.2 Å². The second-order valence-corrected chi connectivity index (χ2v) is 12.0. The minimum atomic E-state index is -0.283. The Morgan fingerprint density at radius 2 is 1.93 bits per heavy atom. The predicted octanol–water partition coefficient (Wildman–Crippen LogP) is 7.11. The summed E-state index contributed by atoms with van der Waals surface area (Å²) in [5.74, 6) is 1.16. The number of hydrogen-bond acceptors (Lipinski definition) is 8. The van der Waals surface area contributed by atoms with Crippen molar-refractivity contribution in [2.75, 3.05) is 18.2 Å². The van der Waals surface area contributed by atoms with E-state index in [1.54, 1.807) is 37.4 Å². The fraction of sp³-hybridized carbons (Fsp3) is 0.323. The van der Waals surface area contributed by atoms with E-state index in [1.807, 2.05) is 45.0 Å². The van der Waals surface area contributed by atoms with E-state index in [-0.39, 0.29) is 35.5 Å². The smallest absolute Gasteiger partial charge is 0.259 e. The van der Waals surface area contributed by atoms with Crippen LogP contribution in [-0.2, 0) is 4.79 Å². The number of carbonyl (C=O) groups is 2. The summed E-state index contributed by atoms with van der Waals surface area (Å²) >= 11 is 2.82. The second-order valence-electron chi connectivity index (χ2n) is 9.78. The van der Waals surface area contributed by atoms with Crippen LogP contribution >= 0.6 is 23.1 Å². The summed E-state index contributed by atoms with van der Waals surface area (Å²) in [7, 11) is 1.55. The molecule has 4 aromatic rings. The summed E-state index contributed by atoms with van der Waals surface area (Å²) in [6, 6.07) is 15.7. The number of amides is 2. The van der Waals surface area contributed by atoms with Gasteiger partial charge in [0.2, 0.25) is 5.91 Å². The van der Waals surface area contributed by atoms with E-state index in [1.165, 1.54) is 23.1 Å². The number of anilines is 1. The molecule has 4 rings (SSSR count). The molecule has 0 saturated heterocycles. The summed E-state index contributed by atoms with van der Waals surface area (Å²) < 4.78 is 13.3. The summed E-state index contributed by atoms with van der Waals surface area (Å²) in [5, 5.41) is 15.6. The van der Waals surface area contributed by atoms with Gasteiger partial charge in [0.05, 0.1) is 40.8 Å². The van der Waals surface area contributed by atoms with Gasteiger partial charge in [0.15, 0.2) is 4.34 Å². The molecule has 0 aliphatic heterocycles. The standard InChI is InChI=1S/C31H35N3O5S2/c1-6-8-18(2)39-26-14-12-24(29(38-5)19(26)3)30(37)33-22-11-13-25-27(16-22)41-31(34-25)40-17-28(36)32-20(4)21-9-7-10-23(35)15-21/h7,9-16,18,20,35H,6,8,17H2,1-5H3,(H,32,36)(H,33,37). The maximum atomic E-state index is 13.2. The third-order valence-electron chi connectivity index (χ3n) is 6.53. The average molecular weight is 594 g/mol. The lowest BCUT2D eigenvalue weighted by atomic mass is 10.1. The molecule has 0 fully saturated rings. The molecule has 0 bridgehead atoms. The molecule has 1 heterocycles. The highest BCUT2D eigenvalue weighted by Gasteiger charge is 2.19. The van der Waals surface area contributed by atoms with Gasteiger partial charge in [0, 0.05) is 11.3 Å². The van der Waals surface area contributed by atoms with E-state index in [0.717, 1.165) is 38.5 Å². The van der Waals surface area contributed by atoms with Crippen LogP contribution in [0.2, 0.25) is 0 Å². The first-order valence-corrected chi connectivity index (χ1v) is 15.3. The zero-order valence-electron chi connectivity index (χ0n) is 23.8. The Kier molecular flexibility index (Phi) is 10.1. The first-order valence-electron chi connectivity index (χ1n) is 13.5. The molecule has 2 amide bonds. The number of aromatic nitrogens is 1. The Bertz CT molecular complexity index is 1540. The van der Waals surface area contributed by atoms with E-state index < -0.39 is 0 Å². The number of hydrogen-bond donors (Lipinski definition) is 3. The van der Waals surface area contributed by atoms with Gasteiger partial charge in [0.25, 0.3) is 5.91 Å². The number of fused-ring (bicyclic) bond motifs is 1. The monoisotopic (exact) mass is 593 g/mol. The van der Waals surface area contributed by atoms with E-state index in [2.05, 4.69) is 22.5 Å². The Morgan fingerprint density at radius 3 is 2.66 bits per heavy atom. The van der Waals surface area contributed by atoms with Gasteiger partial charge in [-0.15, -0.1) is 11.3 Å². The molecule has 10 heteroatoms. The van der Waals surface area contributed by atoms with Crippen molar-refractivity contribution in [1.82, 2.24) is 10.3 Å². The minimum absolute atomic E-state index is 0.0694. The maximum absolute atomic E-state index is 13.2. The molecule has 0 aliphatic carbocycles. The molecule has 3 aromatic carbocycles. The summed E-state index contributed by atoms with van der Waals surface area (Å²) in [5.41, 5.74) is 3.46. The fourth-order valence-corrected chi connectivity index (χ4v) is 6.37. The molecule has 2 atom stereocenters. The number of benzene rings is 3. The molecule has 1 aromatic heterocycles. The molecule has 216 valence electrons. The first kappa shape index (κ1) is 30.2. The van der Waals surface area contributed by atoms with Gasteiger partial charge >= 0.3 is 0 Å². The van der Waals surface area contributed by atoms with Gasteiger partial charge in [-0.2, -0.15) is 0 Å². The van der Waals surface area contributed by atoms with Crippen molar-refractivity contribution in [1.29, 1.82) is 0 Å². The summed E-state index contributed by atoms with van der Waals surface area (Å²) in [6.45, 7) is 7.91. The normalized spacial score (nSPS) is 12.5. The fourth-order valence-electron chi connectivity index (χ4n) is 4.45. The van der Waals surface area contributed by atoms with Crippen molar-refractivity contribution >= 4 is 50.8 Å². The Morgan fingerprint density at radius 1 is 1.12 bits per heavy atom. The zero-order chi connectivity index (χ0) is 29.5. The van der Waals surface area contributed by atoms with Crippen LogP contribution in [0.1, 0.15) is 61.1 Å². The lowest BCUT2D eigenvalue weighted by Gasteiger charge is -2.19. The molecule has 8 nitrogen and oxygen atoms in total. The van der Waals surface area contributed by atoms with Crippen LogP contribution < -0.4 is 20.1 Å². The van der Waals surface area contributed by atoms with Crippen molar-refractivity contribution in [2.45, 2.75) is 57.0 Å². The SMILES string of the molecule is CCCC(C)Oc1ccc(C(=O)Nc2ccc3nc(SCC(=O)NC(C)c4cccc(O)c4)sc3c2)c(OC)c1C. The van der Waals surface area contributed by atoms with Gasteiger partial charge in [-0.25, -0.2) is 4.98 Å². The van der Waals surface area contributed by atoms with Crippen LogP contribution in [0.25, 0.3) is 10.2 Å². The highest BCUT2D eigenvalue weighted by molar-refractivity contribution is 8.01. The van der Waals surface area contributed by atoms with Gasteiger partial charge in [-0.3, -0.25) is 9.59 Å². The third-order valence-corrected chi connectivity index (χ3v) is 8.69. The van der Waals surface area contributed by atoms with Crippen LogP contribution in [0.5, 0.6) is 17.2 Å². The predicted molar refractivity (Wildman–Crippen MR) is 166 cm³/mol. The molecule has 41 heavy (non-hydrogen) atoms. The molecular formula is C31H35N3O5S2. The number of aromatic hydroxyl groups is 1. The lowest BCUT2D eigenvalue weighted by molar-refractivity contribution is -0.119. The highest BCUT2D eigenvalue weighted by atomic mass is 32.2. The van der Waals surface area contributed by atoms with Crippen molar-refractivity contribution in [3.8, 4) is 17.2 Å². The van der Waals surface area contributed by atoms with Crippen molar-refractivity contribution in [3.63, 3.8) is 0 Å². The van der Waals surface area contributed by atoms with Crippen LogP contribution in [0.15, 0.2) is 58.9 Å². The molecule has 0 spiro atoms. The first-order chi connectivity index (χ1) is 19.7. The number of phenolic OH excluding ortho intramolecular Hbond substituents is 1. The van der Waals surface area contributed by atoms with Crippen LogP contribution in [-0.4, -0.2) is 40.9 Å². The van der Waals surface area contributed by atoms with Gasteiger partial charge < -0.3 is 25.2 Å². The number of methoxy groups -OCH3 is 1. The molecule has 0 saturated carbocycles.